The highest BCUT2D eigenvalue weighted by Gasteiger charge is 2.16. The summed E-state index contributed by atoms with van der Waals surface area (Å²) < 4.78 is 6.51. The quantitative estimate of drug-likeness (QED) is 0.751. The minimum absolute atomic E-state index is 0.0943. The topological polar surface area (TPSA) is 73.2 Å². The maximum Gasteiger partial charge on any atom is 0.340 e. The van der Waals surface area contributed by atoms with E-state index in [2.05, 4.69) is 10.3 Å². The molecular formula is C15H13N3O3S. The fourth-order valence-corrected chi connectivity index (χ4v) is 2.79. The van der Waals surface area contributed by atoms with E-state index in [0.717, 1.165) is 10.9 Å². The third-order valence-corrected chi connectivity index (χ3v) is 3.88. The number of hydrogen-bond acceptors (Lipinski definition) is 5. The maximum absolute atomic E-state index is 12.1. The largest absolute Gasteiger partial charge is 0.465 e. The highest BCUT2D eigenvalue weighted by molar-refractivity contribution is 7.13. The van der Waals surface area contributed by atoms with Gasteiger partial charge in [0.25, 0.3) is 0 Å². The number of carbonyl (C=O) groups excluding carboxylic acids is 2. The molecule has 0 fully saturated rings. The van der Waals surface area contributed by atoms with Gasteiger partial charge in [-0.05, 0) is 6.07 Å². The van der Waals surface area contributed by atoms with E-state index in [1.165, 1.54) is 18.4 Å². The summed E-state index contributed by atoms with van der Waals surface area (Å²) in [5.74, 6) is -0.623. The van der Waals surface area contributed by atoms with E-state index in [1.807, 2.05) is 24.3 Å². The van der Waals surface area contributed by atoms with Crippen molar-refractivity contribution in [2.75, 3.05) is 12.4 Å². The van der Waals surface area contributed by atoms with Gasteiger partial charge in [0.2, 0.25) is 5.91 Å². The first-order valence-corrected chi connectivity index (χ1v) is 7.42. The molecule has 2 heterocycles. The van der Waals surface area contributed by atoms with Crippen molar-refractivity contribution in [3.05, 3.63) is 47.6 Å². The van der Waals surface area contributed by atoms with Crippen LogP contribution in [0.1, 0.15) is 10.4 Å². The van der Waals surface area contributed by atoms with Gasteiger partial charge >= 0.3 is 5.97 Å². The Morgan fingerprint density at radius 3 is 2.91 bits per heavy atom. The second-order valence-electron chi connectivity index (χ2n) is 4.56. The molecule has 2 aromatic heterocycles. The van der Waals surface area contributed by atoms with Crippen LogP contribution in [-0.4, -0.2) is 28.5 Å². The zero-order valence-electron chi connectivity index (χ0n) is 11.8. The lowest BCUT2D eigenvalue weighted by Gasteiger charge is -2.04. The second-order valence-corrected chi connectivity index (χ2v) is 5.46. The van der Waals surface area contributed by atoms with Crippen LogP contribution in [0.15, 0.2) is 42.0 Å². The molecule has 0 spiro atoms. The normalized spacial score (nSPS) is 10.6. The number of benzene rings is 1. The molecule has 0 bridgehead atoms. The molecule has 0 atom stereocenters. The highest BCUT2D eigenvalue weighted by atomic mass is 32.1. The number of nitrogens with zero attached hydrogens (tertiary/aromatic N) is 2. The van der Waals surface area contributed by atoms with Crippen LogP contribution in [0.4, 0.5) is 5.13 Å². The number of para-hydroxylation sites is 1. The molecule has 6 nitrogen and oxygen atoms in total. The second kappa shape index (κ2) is 5.98. The van der Waals surface area contributed by atoms with Gasteiger partial charge in [0.15, 0.2) is 5.13 Å². The van der Waals surface area contributed by atoms with Crippen LogP contribution in [0, 0.1) is 0 Å². The number of carbonyl (C=O) groups is 2. The van der Waals surface area contributed by atoms with Crippen LogP contribution in [0.3, 0.4) is 0 Å². The molecule has 0 aliphatic rings. The van der Waals surface area contributed by atoms with E-state index in [1.54, 1.807) is 22.3 Å². The van der Waals surface area contributed by atoms with Crippen molar-refractivity contribution in [1.82, 2.24) is 9.55 Å². The molecule has 0 saturated carbocycles. The monoisotopic (exact) mass is 315 g/mol. The zero-order valence-corrected chi connectivity index (χ0v) is 12.6. The van der Waals surface area contributed by atoms with Gasteiger partial charge < -0.3 is 14.6 Å². The number of methoxy groups -OCH3 is 1. The van der Waals surface area contributed by atoms with Crippen molar-refractivity contribution in [1.29, 1.82) is 0 Å². The highest BCUT2D eigenvalue weighted by Crippen LogP contribution is 2.22. The van der Waals surface area contributed by atoms with Crippen molar-refractivity contribution in [2.24, 2.45) is 0 Å². The van der Waals surface area contributed by atoms with E-state index < -0.39 is 5.97 Å². The molecule has 22 heavy (non-hydrogen) atoms. The van der Waals surface area contributed by atoms with E-state index in [0.29, 0.717) is 10.7 Å². The molecule has 1 aromatic carbocycles. The first-order valence-electron chi connectivity index (χ1n) is 6.54. The molecule has 1 amide bonds. The molecule has 112 valence electrons. The number of thiazole rings is 1. The number of aromatic nitrogens is 2. The molecule has 3 rings (SSSR count). The third kappa shape index (κ3) is 2.71. The van der Waals surface area contributed by atoms with Crippen molar-refractivity contribution >= 4 is 39.2 Å². The number of hydrogen-bond donors (Lipinski definition) is 1. The summed E-state index contributed by atoms with van der Waals surface area (Å²) in [5, 5.41) is 5.82. The van der Waals surface area contributed by atoms with Gasteiger partial charge in [-0.15, -0.1) is 11.3 Å². The summed E-state index contributed by atoms with van der Waals surface area (Å²) in [6, 6.07) is 7.39. The van der Waals surface area contributed by atoms with Crippen molar-refractivity contribution < 1.29 is 14.3 Å². The summed E-state index contributed by atoms with van der Waals surface area (Å²) in [6.45, 7) is 0.0943. The van der Waals surface area contributed by atoms with Gasteiger partial charge in [-0.25, -0.2) is 9.78 Å². The number of esters is 1. The predicted octanol–water partition coefficient (Wildman–Crippen LogP) is 2.52. The molecule has 7 heteroatoms. The number of rotatable bonds is 4. The SMILES string of the molecule is COC(=O)c1cn(CC(=O)Nc2nccs2)c2ccccc12. The molecule has 0 aliphatic carbocycles. The van der Waals surface area contributed by atoms with Crippen LogP contribution in [0.2, 0.25) is 0 Å². The van der Waals surface area contributed by atoms with Crippen molar-refractivity contribution in [2.45, 2.75) is 6.54 Å². The Bertz CT molecular complexity index is 824. The lowest BCUT2D eigenvalue weighted by molar-refractivity contribution is -0.116. The van der Waals surface area contributed by atoms with Gasteiger partial charge in [0, 0.05) is 28.7 Å². The average Bonchev–Trinajstić information content (AvgIpc) is 3.15. The molecule has 3 aromatic rings. The number of fused-ring (bicyclic) bond motifs is 1. The van der Waals surface area contributed by atoms with Crippen LogP contribution in [0.25, 0.3) is 10.9 Å². The summed E-state index contributed by atoms with van der Waals surface area (Å²) in [5.41, 5.74) is 1.25. The Kier molecular flexibility index (Phi) is 3.88. The minimum Gasteiger partial charge on any atom is -0.465 e. The zero-order chi connectivity index (χ0) is 15.5. The smallest absolute Gasteiger partial charge is 0.340 e. The van der Waals surface area contributed by atoms with E-state index in [9.17, 15) is 9.59 Å². The predicted molar refractivity (Wildman–Crippen MR) is 84.0 cm³/mol. The van der Waals surface area contributed by atoms with Crippen LogP contribution in [-0.2, 0) is 16.1 Å². The summed E-state index contributed by atoms with van der Waals surface area (Å²) in [4.78, 5) is 27.9. The van der Waals surface area contributed by atoms with Gasteiger partial charge in [-0.2, -0.15) is 0 Å². The number of anilines is 1. The molecule has 0 radical (unpaired) electrons. The van der Waals surface area contributed by atoms with Crippen LogP contribution >= 0.6 is 11.3 Å². The average molecular weight is 315 g/mol. The van der Waals surface area contributed by atoms with Gasteiger partial charge in [0.05, 0.1) is 12.7 Å². The Morgan fingerprint density at radius 1 is 1.36 bits per heavy atom. The fourth-order valence-electron chi connectivity index (χ4n) is 2.25. The molecule has 0 aliphatic heterocycles. The lowest BCUT2D eigenvalue weighted by atomic mass is 10.2. The van der Waals surface area contributed by atoms with E-state index in [4.69, 9.17) is 4.74 Å². The first kappa shape index (κ1) is 14.3. The third-order valence-electron chi connectivity index (χ3n) is 3.19. The standard InChI is InChI=1S/C15H13N3O3S/c1-21-14(20)11-8-18(12-5-3-2-4-10(11)12)9-13(19)17-15-16-6-7-22-15/h2-8H,9H2,1H3,(H,16,17,19). The van der Waals surface area contributed by atoms with Crippen molar-refractivity contribution in [3.63, 3.8) is 0 Å². The Labute approximate surface area is 130 Å². The summed E-state index contributed by atoms with van der Waals surface area (Å²) in [7, 11) is 1.34. The van der Waals surface area contributed by atoms with E-state index >= 15 is 0 Å². The van der Waals surface area contributed by atoms with Crippen LogP contribution in [0.5, 0.6) is 0 Å². The molecular weight excluding hydrogens is 302 g/mol. The lowest BCUT2D eigenvalue weighted by Crippen LogP contribution is -2.18. The number of ether oxygens (including phenoxy) is 1. The number of amides is 1. The number of nitrogens with one attached hydrogen (secondary N) is 1. The summed E-state index contributed by atoms with van der Waals surface area (Å²) >= 11 is 1.35. The van der Waals surface area contributed by atoms with Gasteiger partial charge in [0.1, 0.15) is 6.54 Å². The van der Waals surface area contributed by atoms with Gasteiger partial charge in [-0.1, -0.05) is 18.2 Å². The minimum atomic E-state index is -0.421. The van der Waals surface area contributed by atoms with E-state index in [-0.39, 0.29) is 12.5 Å². The fraction of sp³-hybridized carbons (Fsp3) is 0.133. The van der Waals surface area contributed by atoms with Crippen LogP contribution < -0.4 is 5.32 Å². The Morgan fingerprint density at radius 2 is 2.18 bits per heavy atom. The Hall–Kier alpha value is -2.67. The first-order chi connectivity index (χ1) is 10.7. The van der Waals surface area contributed by atoms with Gasteiger partial charge in [-0.3, -0.25) is 4.79 Å². The summed E-state index contributed by atoms with van der Waals surface area (Å²) in [6.07, 6.45) is 3.26. The maximum atomic E-state index is 12.1. The molecule has 0 saturated heterocycles. The molecule has 1 N–H and O–H groups in total. The molecule has 0 unspecified atom stereocenters. The van der Waals surface area contributed by atoms with Crippen molar-refractivity contribution in [3.8, 4) is 0 Å². The Balaban J connectivity index is 1.90.